The zero-order valence-corrected chi connectivity index (χ0v) is 13.4. The van der Waals surface area contributed by atoms with E-state index < -0.39 is 6.16 Å². The van der Waals surface area contributed by atoms with Crippen molar-refractivity contribution in [1.82, 2.24) is 0 Å². The predicted molar refractivity (Wildman–Crippen MR) is 91.4 cm³/mol. The summed E-state index contributed by atoms with van der Waals surface area (Å²) in [6.45, 7) is 1.97. The van der Waals surface area contributed by atoms with Gasteiger partial charge in [-0.05, 0) is 41.8 Å². The molecule has 1 N–H and O–H groups in total. The molecule has 0 aromatic heterocycles. The van der Waals surface area contributed by atoms with E-state index in [0.717, 1.165) is 16.7 Å². The minimum Gasteiger partial charge on any atom is -0.507 e. The highest BCUT2D eigenvalue weighted by atomic mass is 32.1. The third-order valence-electron chi connectivity index (χ3n) is 3.71. The number of hydrogen-bond acceptors (Lipinski definition) is 5. The Morgan fingerprint density at radius 3 is 2.61 bits per heavy atom. The molecule has 0 atom stereocenters. The van der Waals surface area contributed by atoms with E-state index in [0.29, 0.717) is 21.8 Å². The Kier molecular flexibility index (Phi) is 3.88. The fourth-order valence-electron chi connectivity index (χ4n) is 2.45. The number of phenolic OH excluding ortho intramolecular Hbond substituents is 1. The molecule has 116 valence electrons. The van der Waals surface area contributed by atoms with Gasteiger partial charge in [-0.3, -0.25) is 0 Å². The summed E-state index contributed by atoms with van der Waals surface area (Å²) in [5, 5.41) is 10.3. The van der Waals surface area contributed by atoms with Crippen LogP contribution in [-0.4, -0.2) is 23.2 Å². The maximum absolute atomic E-state index is 11.1. The number of carbonyl (C=O) groups is 1. The summed E-state index contributed by atoms with van der Waals surface area (Å²) in [7, 11) is 1.24. The number of phenols is 1. The Hall–Kier alpha value is -2.66. The second-order valence-electron chi connectivity index (χ2n) is 5.17. The Bertz CT molecular complexity index is 852. The first-order chi connectivity index (χ1) is 11.0. The molecule has 0 radical (unpaired) electrons. The molecule has 0 heterocycles. The summed E-state index contributed by atoms with van der Waals surface area (Å²) in [5.74, 6) is 0.423. The van der Waals surface area contributed by atoms with Crippen molar-refractivity contribution in [2.75, 3.05) is 7.11 Å². The van der Waals surface area contributed by atoms with E-state index in [1.165, 1.54) is 7.11 Å². The number of ether oxygens (including phenoxy) is 2. The van der Waals surface area contributed by atoms with Crippen molar-refractivity contribution in [2.45, 2.75) is 6.92 Å². The van der Waals surface area contributed by atoms with Crippen LogP contribution in [0.2, 0.25) is 0 Å². The maximum Gasteiger partial charge on any atom is 0.513 e. The summed E-state index contributed by atoms with van der Waals surface area (Å²) in [5.41, 5.74) is 4.05. The summed E-state index contributed by atoms with van der Waals surface area (Å²) in [4.78, 5) is 11.7. The van der Waals surface area contributed by atoms with Crippen LogP contribution in [0.4, 0.5) is 4.79 Å². The molecule has 2 aromatic carbocycles. The molecule has 4 nitrogen and oxygen atoms in total. The van der Waals surface area contributed by atoms with Crippen LogP contribution in [0.3, 0.4) is 0 Å². The molecule has 2 aromatic rings. The standard InChI is InChI=1S/C18H14O4S/c1-10-5-3-4-6-12(10)17(23)14-7-11-8-16(22-18(20)21-2)13(11)9-15(14)19/h3-9,19H,1-2H3. The number of aromatic hydroxyl groups is 1. The molecular formula is C18H14O4S. The van der Waals surface area contributed by atoms with Crippen LogP contribution in [0.1, 0.15) is 27.8 Å². The second kappa shape index (κ2) is 5.85. The van der Waals surface area contributed by atoms with Crippen molar-refractivity contribution in [3.05, 3.63) is 64.2 Å². The Morgan fingerprint density at radius 1 is 1.17 bits per heavy atom. The Balaban J connectivity index is 1.92. The maximum atomic E-state index is 11.1. The summed E-state index contributed by atoms with van der Waals surface area (Å²) in [6, 6.07) is 11.1. The van der Waals surface area contributed by atoms with Gasteiger partial charge in [-0.25, -0.2) is 4.79 Å². The first-order valence-electron chi connectivity index (χ1n) is 6.96. The first-order valence-corrected chi connectivity index (χ1v) is 7.37. The van der Waals surface area contributed by atoms with Crippen molar-refractivity contribution in [3.8, 4) is 5.75 Å². The quantitative estimate of drug-likeness (QED) is 0.524. The lowest BCUT2D eigenvalue weighted by molar-refractivity contribution is 0.112. The lowest BCUT2D eigenvalue weighted by Crippen LogP contribution is -2.11. The van der Waals surface area contributed by atoms with Crippen molar-refractivity contribution < 1.29 is 19.4 Å². The fourth-order valence-corrected chi connectivity index (χ4v) is 2.84. The molecule has 5 heteroatoms. The van der Waals surface area contributed by atoms with E-state index in [4.69, 9.17) is 17.0 Å². The average molecular weight is 326 g/mol. The third-order valence-corrected chi connectivity index (χ3v) is 4.15. The van der Waals surface area contributed by atoms with Gasteiger partial charge in [0.05, 0.1) is 12.0 Å². The van der Waals surface area contributed by atoms with Crippen LogP contribution in [-0.2, 0) is 9.47 Å². The van der Waals surface area contributed by atoms with Gasteiger partial charge in [0.1, 0.15) is 11.5 Å². The molecule has 3 rings (SSSR count). The first kappa shape index (κ1) is 15.2. The van der Waals surface area contributed by atoms with E-state index in [-0.39, 0.29) is 5.75 Å². The van der Waals surface area contributed by atoms with Gasteiger partial charge in [-0.1, -0.05) is 36.5 Å². The fraction of sp³-hybridized carbons (Fsp3) is 0.111. The summed E-state index contributed by atoms with van der Waals surface area (Å²) in [6.07, 6.45) is 0.913. The largest absolute Gasteiger partial charge is 0.513 e. The van der Waals surface area contributed by atoms with E-state index in [2.05, 4.69) is 4.74 Å². The molecule has 0 fully saturated rings. The average Bonchev–Trinajstić information content (AvgIpc) is 2.54. The van der Waals surface area contributed by atoms with Gasteiger partial charge in [-0.2, -0.15) is 0 Å². The lowest BCUT2D eigenvalue weighted by Gasteiger charge is -2.21. The van der Waals surface area contributed by atoms with Crippen molar-refractivity contribution in [1.29, 1.82) is 0 Å². The number of aryl methyl sites for hydroxylation is 1. The van der Waals surface area contributed by atoms with Gasteiger partial charge in [-0.15, -0.1) is 0 Å². The predicted octanol–water partition coefficient (Wildman–Crippen LogP) is 4.06. The number of hydrogen-bond donors (Lipinski definition) is 1. The lowest BCUT2D eigenvalue weighted by atomic mass is 9.90. The smallest absolute Gasteiger partial charge is 0.507 e. The highest BCUT2D eigenvalue weighted by Crippen LogP contribution is 2.38. The Morgan fingerprint density at radius 2 is 1.91 bits per heavy atom. The molecule has 0 saturated carbocycles. The topological polar surface area (TPSA) is 55.8 Å². The molecule has 0 spiro atoms. The minimum absolute atomic E-state index is 0.0519. The molecule has 1 aliphatic carbocycles. The summed E-state index contributed by atoms with van der Waals surface area (Å²) < 4.78 is 9.43. The van der Waals surface area contributed by atoms with Crippen molar-refractivity contribution in [2.24, 2.45) is 0 Å². The van der Waals surface area contributed by atoms with E-state index in [1.54, 1.807) is 18.2 Å². The number of methoxy groups -OCH3 is 1. The van der Waals surface area contributed by atoms with E-state index >= 15 is 0 Å². The normalized spacial score (nSPS) is 11.8. The highest BCUT2D eigenvalue weighted by Gasteiger charge is 2.24. The number of benzene rings is 2. The molecule has 0 saturated heterocycles. The van der Waals surface area contributed by atoms with Gasteiger partial charge >= 0.3 is 6.16 Å². The number of carbonyl (C=O) groups excluding carboxylic acids is 1. The van der Waals surface area contributed by atoms with E-state index in [1.807, 2.05) is 31.2 Å². The second-order valence-corrected chi connectivity index (χ2v) is 5.57. The van der Waals surface area contributed by atoms with Crippen LogP contribution in [0.25, 0.3) is 11.8 Å². The van der Waals surface area contributed by atoms with Gasteiger partial charge in [0, 0.05) is 11.1 Å². The van der Waals surface area contributed by atoms with Gasteiger partial charge in [0.25, 0.3) is 0 Å². The molecule has 0 amide bonds. The summed E-state index contributed by atoms with van der Waals surface area (Å²) >= 11 is 5.52. The van der Waals surface area contributed by atoms with Gasteiger partial charge in [0.2, 0.25) is 0 Å². The van der Waals surface area contributed by atoms with Gasteiger partial charge < -0.3 is 14.6 Å². The van der Waals surface area contributed by atoms with Crippen LogP contribution in [0, 0.1) is 6.92 Å². The monoisotopic (exact) mass is 326 g/mol. The minimum atomic E-state index is -0.791. The van der Waals surface area contributed by atoms with Crippen molar-refractivity contribution >= 4 is 35.1 Å². The zero-order valence-electron chi connectivity index (χ0n) is 12.6. The van der Waals surface area contributed by atoms with Gasteiger partial charge in [0.15, 0.2) is 0 Å². The number of rotatable bonds is 3. The molecule has 0 unspecified atom stereocenters. The van der Waals surface area contributed by atoms with Crippen LogP contribution in [0.15, 0.2) is 36.4 Å². The molecular weight excluding hydrogens is 312 g/mol. The Labute approximate surface area is 139 Å². The molecule has 23 heavy (non-hydrogen) atoms. The molecule has 0 bridgehead atoms. The molecule has 1 aliphatic rings. The van der Waals surface area contributed by atoms with Crippen LogP contribution < -0.4 is 0 Å². The van der Waals surface area contributed by atoms with E-state index in [9.17, 15) is 9.90 Å². The third kappa shape index (κ3) is 2.71. The van der Waals surface area contributed by atoms with Crippen LogP contribution in [0.5, 0.6) is 5.75 Å². The zero-order chi connectivity index (χ0) is 16.6. The van der Waals surface area contributed by atoms with Crippen molar-refractivity contribution in [3.63, 3.8) is 0 Å². The highest BCUT2D eigenvalue weighted by molar-refractivity contribution is 7.81. The SMILES string of the molecule is COC(=O)OC1=Cc2cc(C(=S)c3ccccc3C)c(O)cc21. The van der Waals surface area contributed by atoms with Crippen LogP contribution >= 0.6 is 12.2 Å². The number of fused-ring (bicyclic) bond motifs is 1. The molecule has 0 aliphatic heterocycles. The number of thiocarbonyl (C=S) groups is 1.